The van der Waals surface area contributed by atoms with Crippen molar-refractivity contribution in [2.45, 2.75) is 25.6 Å². The molecule has 108 valence electrons. The third-order valence-corrected chi connectivity index (χ3v) is 3.24. The summed E-state index contributed by atoms with van der Waals surface area (Å²) in [6, 6.07) is 9.37. The van der Waals surface area contributed by atoms with Gasteiger partial charge in [-0.2, -0.15) is 13.2 Å². The second-order valence-corrected chi connectivity index (χ2v) is 4.69. The van der Waals surface area contributed by atoms with Gasteiger partial charge in [0.2, 0.25) is 0 Å². The molecule has 2 aromatic rings. The molecule has 0 spiro atoms. The van der Waals surface area contributed by atoms with Crippen molar-refractivity contribution in [2.75, 3.05) is 6.61 Å². The zero-order chi connectivity index (χ0) is 15.0. The molecule has 20 heavy (non-hydrogen) atoms. The lowest BCUT2D eigenvalue weighted by Gasteiger charge is -2.28. The van der Waals surface area contributed by atoms with Gasteiger partial charge in [0.15, 0.2) is 5.60 Å². The summed E-state index contributed by atoms with van der Waals surface area (Å²) in [4.78, 5) is 0. The van der Waals surface area contributed by atoms with Crippen molar-refractivity contribution < 1.29 is 23.0 Å². The molecule has 0 aliphatic heterocycles. The fourth-order valence-electron chi connectivity index (χ4n) is 2.09. The number of halogens is 3. The molecule has 5 heteroatoms. The Labute approximate surface area is 114 Å². The van der Waals surface area contributed by atoms with Crippen LogP contribution in [0, 0.1) is 0 Å². The van der Waals surface area contributed by atoms with Crippen LogP contribution in [0.15, 0.2) is 36.4 Å². The van der Waals surface area contributed by atoms with Gasteiger partial charge in [0.25, 0.3) is 0 Å². The molecule has 0 aromatic heterocycles. The summed E-state index contributed by atoms with van der Waals surface area (Å²) in [5.41, 5.74) is -3.08. The van der Waals surface area contributed by atoms with E-state index in [0.29, 0.717) is 23.1 Å². The van der Waals surface area contributed by atoms with Crippen molar-refractivity contribution in [1.29, 1.82) is 0 Å². The van der Waals surface area contributed by atoms with Crippen LogP contribution < -0.4 is 4.74 Å². The van der Waals surface area contributed by atoms with Gasteiger partial charge in [0.05, 0.1) is 6.61 Å². The molecule has 0 aliphatic carbocycles. The third kappa shape index (κ3) is 2.45. The van der Waals surface area contributed by atoms with Gasteiger partial charge in [-0.3, -0.25) is 0 Å². The van der Waals surface area contributed by atoms with Crippen molar-refractivity contribution in [1.82, 2.24) is 0 Å². The van der Waals surface area contributed by atoms with Crippen LogP contribution in [-0.4, -0.2) is 17.9 Å². The predicted molar refractivity (Wildman–Crippen MR) is 70.7 cm³/mol. The molecule has 0 radical (unpaired) electrons. The number of hydrogen-bond acceptors (Lipinski definition) is 2. The summed E-state index contributed by atoms with van der Waals surface area (Å²) in [7, 11) is 0. The maximum absolute atomic E-state index is 13.0. The van der Waals surface area contributed by atoms with Gasteiger partial charge in [0.1, 0.15) is 5.75 Å². The number of ether oxygens (including phenoxy) is 1. The first-order valence-electron chi connectivity index (χ1n) is 6.22. The minimum Gasteiger partial charge on any atom is -0.494 e. The molecule has 0 saturated carbocycles. The molecule has 1 N–H and O–H groups in total. The molecule has 2 rings (SSSR count). The Hall–Kier alpha value is -1.75. The van der Waals surface area contributed by atoms with E-state index >= 15 is 0 Å². The molecule has 0 amide bonds. The van der Waals surface area contributed by atoms with E-state index in [9.17, 15) is 18.3 Å². The van der Waals surface area contributed by atoms with Gasteiger partial charge in [-0.1, -0.05) is 24.3 Å². The zero-order valence-electron chi connectivity index (χ0n) is 11.2. The molecule has 0 saturated heterocycles. The lowest BCUT2D eigenvalue weighted by Crippen LogP contribution is -2.39. The van der Waals surface area contributed by atoms with Gasteiger partial charge < -0.3 is 9.84 Å². The van der Waals surface area contributed by atoms with Gasteiger partial charge in [0, 0.05) is 5.56 Å². The second-order valence-electron chi connectivity index (χ2n) is 4.69. The first kappa shape index (κ1) is 14.7. The fourth-order valence-corrected chi connectivity index (χ4v) is 2.09. The third-order valence-electron chi connectivity index (χ3n) is 3.24. The maximum atomic E-state index is 13.0. The SMILES string of the molecule is CCOc1ccc2cccc(C(C)(O)C(F)(F)F)c2c1. The van der Waals surface area contributed by atoms with E-state index in [4.69, 9.17) is 4.74 Å². The van der Waals surface area contributed by atoms with Crippen molar-refractivity contribution >= 4 is 10.8 Å². The van der Waals surface area contributed by atoms with Crippen LogP contribution in [0.4, 0.5) is 13.2 Å². The highest BCUT2D eigenvalue weighted by atomic mass is 19.4. The molecule has 1 unspecified atom stereocenters. The van der Waals surface area contributed by atoms with Crippen molar-refractivity contribution in [3.05, 3.63) is 42.0 Å². The number of fused-ring (bicyclic) bond motifs is 1. The summed E-state index contributed by atoms with van der Waals surface area (Å²) < 4.78 is 44.3. The lowest BCUT2D eigenvalue weighted by atomic mass is 9.90. The molecule has 1 atom stereocenters. The van der Waals surface area contributed by atoms with Crippen molar-refractivity contribution in [3.63, 3.8) is 0 Å². The summed E-state index contributed by atoms with van der Waals surface area (Å²) in [5.74, 6) is 0.477. The van der Waals surface area contributed by atoms with E-state index in [1.54, 1.807) is 25.1 Å². The summed E-state index contributed by atoms with van der Waals surface area (Å²) in [6.07, 6.45) is -4.75. The van der Waals surface area contributed by atoms with Crippen LogP contribution in [0.3, 0.4) is 0 Å². The molecule has 0 fully saturated rings. The van der Waals surface area contributed by atoms with Gasteiger partial charge >= 0.3 is 6.18 Å². The van der Waals surface area contributed by atoms with Gasteiger partial charge in [-0.25, -0.2) is 0 Å². The first-order valence-corrected chi connectivity index (χ1v) is 6.22. The first-order chi connectivity index (χ1) is 9.27. The average Bonchev–Trinajstić information content (AvgIpc) is 2.37. The van der Waals surface area contributed by atoms with Gasteiger partial charge in [-0.15, -0.1) is 0 Å². The number of rotatable bonds is 3. The molecule has 0 aliphatic rings. The lowest BCUT2D eigenvalue weighted by molar-refractivity contribution is -0.258. The van der Waals surface area contributed by atoms with Crippen LogP contribution in [-0.2, 0) is 5.60 Å². The molecular weight excluding hydrogens is 269 g/mol. The summed E-state index contributed by atoms with van der Waals surface area (Å²) in [5, 5.41) is 10.8. The van der Waals surface area contributed by atoms with Crippen LogP contribution in [0.1, 0.15) is 19.4 Å². The number of aliphatic hydroxyl groups is 1. The van der Waals surface area contributed by atoms with E-state index in [1.807, 2.05) is 0 Å². The minimum absolute atomic E-state index is 0.177. The van der Waals surface area contributed by atoms with Crippen LogP contribution in [0.25, 0.3) is 10.8 Å². The highest BCUT2D eigenvalue weighted by Crippen LogP contribution is 2.41. The summed E-state index contributed by atoms with van der Waals surface area (Å²) in [6.45, 7) is 2.97. The highest BCUT2D eigenvalue weighted by Gasteiger charge is 2.51. The Morgan fingerprint density at radius 3 is 2.45 bits per heavy atom. The highest BCUT2D eigenvalue weighted by molar-refractivity contribution is 5.87. The number of hydrogen-bond donors (Lipinski definition) is 1. The Morgan fingerprint density at radius 2 is 1.85 bits per heavy atom. The van der Waals surface area contributed by atoms with Gasteiger partial charge in [-0.05, 0) is 36.8 Å². The standard InChI is InChI=1S/C15H15F3O2/c1-3-20-11-8-7-10-5-4-6-13(12(10)9-11)14(2,19)15(16,17)18/h4-9,19H,3H2,1-2H3. The minimum atomic E-state index is -4.75. The smallest absolute Gasteiger partial charge is 0.421 e. The van der Waals surface area contributed by atoms with E-state index in [0.717, 1.165) is 6.92 Å². The number of benzene rings is 2. The van der Waals surface area contributed by atoms with Crippen LogP contribution in [0.2, 0.25) is 0 Å². The second kappa shape index (κ2) is 4.98. The van der Waals surface area contributed by atoms with Crippen molar-refractivity contribution in [3.8, 4) is 5.75 Å². The van der Waals surface area contributed by atoms with Crippen LogP contribution in [0.5, 0.6) is 5.75 Å². The molecular formula is C15H15F3O2. The largest absolute Gasteiger partial charge is 0.494 e. The normalized spacial score (nSPS) is 15.1. The molecule has 2 aromatic carbocycles. The average molecular weight is 284 g/mol. The maximum Gasteiger partial charge on any atom is 0.421 e. The Kier molecular flexibility index (Phi) is 3.65. The van der Waals surface area contributed by atoms with Crippen molar-refractivity contribution in [2.24, 2.45) is 0 Å². The van der Waals surface area contributed by atoms with E-state index in [1.165, 1.54) is 18.2 Å². The Morgan fingerprint density at radius 1 is 1.15 bits per heavy atom. The monoisotopic (exact) mass is 284 g/mol. The topological polar surface area (TPSA) is 29.5 Å². The molecule has 0 bridgehead atoms. The predicted octanol–water partition coefficient (Wildman–Crippen LogP) is 4.01. The quantitative estimate of drug-likeness (QED) is 0.922. The Bertz CT molecular complexity index is 618. The number of alkyl halides is 3. The Balaban J connectivity index is 2.67. The van der Waals surface area contributed by atoms with E-state index < -0.39 is 11.8 Å². The zero-order valence-corrected chi connectivity index (χ0v) is 11.2. The van der Waals surface area contributed by atoms with E-state index in [2.05, 4.69) is 0 Å². The van der Waals surface area contributed by atoms with E-state index in [-0.39, 0.29) is 5.56 Å². The summed E-state index contributed by atoms with van der Waals surface area (Å²) >= 11 is 0. The molecule has 2 nitrogen and oxygen atoms in total. The van der Waals surface area contributed by atoms with Crippen LogP contribution >= 0.6 is 0 Å². The fraction of sp³-hybridized carbons (Fsp3) is 0.333. The molecule has 0 heterocycles.